The lowest BCUT2D eigenvalue weighted by Crippen LogP contribution is -2.07. The van der Waals surface area contributed by atoms with Gasteiger partial charge in [-0.1, -0.05) is 17.7 Å². The molecule has 3 nitrogen and oxygen atoms in total. The van der Waals surface area contributed by atoms with Crippen LogP contribution in [0.25, 0.3) is 0 Å². The van der Waals surface area contributed by atoms with Crippen molar-refractivity contribution in [2.24, 2.45) is 0 Å². The van der Waals surface area contributed by atoms with Crippen molar-refractivity contribution in [2.75, 3.05) is 5.73 Å². The summed E-state index contributed by atoms with van der Waals surface area (Å²) in [6, 6.07) is 7.99. The van der Waals surface area contributed by atoms with Crippen LogP contribution in [0.1, 0.15) is 19.4 Å². The van der Waals surface area contributed by atoms with Crippen molar-refractivity contribution in [3.63, 3.8) is 0 Å². The van der Waals surface area contributed by atoms with Crippen LogP contribution in [0.4, 0.5) is 10.1 Å². The molecule has 0 bridgehead atoms. The van der Waals surface area contributed by atoms with Crippen molar-refractivity contribution in [2.45, 2.75) is 26.9 Å². The summed E-state index contributed by atoms with van der Waals surface area (Å²) in [5, 5.41) is 0.463. The Hall–Kier alpha value is -1.94. The highest BCUT2D eigenvalue weighted by molar-refractivity contribution is 6.32. The zero-order chi connectivity index (χ0) is 15.6. The highest BCUT2D eigenvalue weighted by atomic mass is 35.5. The maximum absolute atomic E-state index is 13.8. The Kier molecular flexibility index (Phi) is 4.58. The van der Waals surface area contributed by atoms with Gasteiger partial charge in [0, 0.05) is 12.1 Å². The van der Waals surface area contributed by atoms with E-state index in [2.05, 4.69) is 0 Å². The first kappa shape index (κ1) is 15.4. The molecule has 0 aliphatic heterocycles. The Morgan fingerprint density at radius 1 is 1.10 bits per heavy atom. The third kappa shape index (κ3) is 3.79. The first-order valence-corrected chi connectivity index (χ1v) is 6.94. The third-order valence-electron chi connectivity index (χ3n) is 2.73. The van der Waals surface area contributed by atoms with Gasteiger partial charge in [0.2, 0.25) is 0 Å². The van der Waals surface area contributed by atoms with Gasteiger partial charge in [0.05, 0.1) is 16.8 Å². The van der Waals surface area contributed by atoms with E-state index in [0.29, 0.717) is 16.5 Å². The second-order valence-corrected chi connectivity index (χ2v) is 5.43. The lowest BCUT2D eigenvalue weighted by atomic mass is 10.2. The molecule has 0 aliphatic rings. The van der Waals surface area contributed by atoms with Crippen LogP contribution in [-0.2, 0) is 0 Å². The molecule has 2 N–H and O–H groups in total. The van der Waals surface area contributed by atoms with Crippen LogP contribution < -0.4 is 15.2 Å². The summed E-state index contributed by atoms with van der Waals surface area (Å²) in [7, 11) is 0. The van der Waals surface area contributed by atoms with E-state index >= 15 is 0 Å². The van der Waals surface area contributed by atoms with Crippen LogP contribution in [0, 0.1) is 12.7 Å². The van der Waals surface area contributed by atoms with Gasteiger partial charge in [0.1, 0.15) is 5.75 Å². The van der Waals surface area contributed by atoms with Gasteiger partial charge in [-0.2, -0.15) is 0 Å². The SMILES string of the molecule is Cc1ccc(Oc2cc(OC(C)C)c(F)cc2N)c(Cl)c1. The van der Waals surface area contributed by atoms with Crippen molar-refractivity contribution in [1.29, 1.82) is 0 Å². The maximum atomic E-state index is 13.8. The predicted molar refractivity (Wildman–Crippen MR) is 82.8 cm³/mol. The van der Waals surface area contributed by atoms with Crippen LogP contribution in [-0.4, -0.2) is 6.10 Å². The number of halogens is 2. The number of nitrogen functional groups attached to an aromatic ring is 1. The second-order valence-electron chi connectivity index (χ2n) is 5.02. The first-order valence-electron chi connectivity index (χ1n) is 6.56. The van der Waals surface area contributed by atoms with E-state index < -0.39 is 5.82 Å². The van der Waals surface area contributed by atoms with Crippen molar-refractivity contribution in [1.82, 2.24) is 0 Å². The second kappa shape index (κ2) is 6.22. The molecule has 0 saturated heterocycles. The fourth-order valence-corrected chi connectivity index (χ4v) is 2.06. The van der Waals surface area contributed by atoms with Crippen molar-refractivity contribution >= 4 is 17.3 Å². The number of rotatable bonds is 4. The molecule has 0 radical (unpaired) electrons. The average molecular weight is 310 g/mol. The number of ether oxygens (including phenoxy) is 2. The molecule has 0 atom stereocenters. The number of benzene rings is 2. The summed E-state index contributed by atoms with van der Waals surface area (Å²) >= 11 is 6.12. The predicted octanol–water partition coefficient (Wildman–Crippen LogP) is 4.95. The topological polar surface area (TPSA) is 44.5 Å². The Morgan fingerprint density at radius 3 is 2.43 bits per heavy atom. The summed E-state index contributed by atoms with van der Waals surface area (Å²) in [5.74, 6) is 0.329. The molecule has 0 unspecified atom stereocenters. The maximum Gasteiger partial charge on any atom is 0.167 e. The highest BCUT2D eigenvalue weighted by Gasteiger charge is 2.13. The van der Waals surface area contributed by atoms with Gasteiger partial charge in [-0.3, -0.25) is 0 Å². The minimum atomic E-state index is -0.524. The summed E-state index contributed by atoms with van der Waals surface area (Å²) in [6.45, 7) is 5.55. The molecule has 0 heterocycles. The van der Waals surface area contributed by atoms with Crippen molar-refractivity contribution in [3.8, 4) is 17.2 Å². The number of hydrogen-bond donors (Lipinski definition) is 1. The van der Waals surface area contributed by atoms with E-state index in [9.17, 15) is 4.39 Å². The zero-order valence-corrected chi connectivity index (χ0v) is 12.9. The van der Waals surface area contributed by atoms with Crippen molar-refractivity contribution in [3.05, 3.63) is 46.7 Å². The van der Waals surface area contributed by atoms with E-state index in [1.165, 1.54) is 12.1 Å². The van der Waals surface area contributed by atoms with Crippen LogP contribution in [0.3, 0.4) is 0 Å². The van der Waals surface area contributed by atoms with Crippen LogP contribution >= 0.6 is 11.6 Å². The van der Waals surface area contributed by atoms with Crippen molar-refractivity contribution < 1.29 is 13.9 Å². The summed E-state index contributed by atoms with van der Waals surface area (Å²) in [6.07, 6.45) is -0.154. The first-order chi connectivity index (χ1) is 9.86. The van der Waals surface area contributed by atoms with Crippen LogP contribution in [0.5, 0.6) is 17.2 Å². The fraction of sp³-hybridized carbons (Fsp3) is 0.250. The fourth-order valence-electron chi connectivity index (χ4n) is 1.79. The molecule has 0 fully saturated rings. The minimum Gasteiger partial charge on any atom is -0.488 e. The smallest absolute Gasteiger partial charge is 0.167 e. The van der Waals surface area contributed by atoms with E-state index in [1.54, 1.807) is 12.1 Å². The van der Waals surface area contributed by atoms with Gasteiger partial charge in [-0.15, -0.1) is 0 Å². The molecule has 2 rings (SSSR count). The summed E-state index contributed by atoms with van der Waals surface area (Å²) < 4.78 is 24.8. The number of aryl methyl sites for hydroxylation is 1. The van der Waals surface area contributed by atoms with Gasteiger partial charge in [-0.05, 0) is 38.5 Å². The Morgan fingerprint density at radius 2 is 1.81 bits per heavy atom. The van der Waals surface area contributed by atoms with Gasteiger partial charge in [0.25, 0.3) is 0 Å². The molecule has 112 valence electrons. The molecular weight excluding hydrogens is 293 g/mol. The molecule has 0 saturated carbocycles. The van der Waals surface area contributed by atoms with E-state index in [4.69, 9.17) is 26.8 Å². The quantitative estimate of drug-likeness (QED) is 0.813. The van der Waals surface area contributed by atoms with Crippen LogP contribution in [0.2, 0.25) is 5.02 Å². The average Bonchev–Trinajstić information content (AvgIpc) is 2.37. The molecule has 0 aromatic heterocycles. The summed E-state index contributed by atoms with van der Waals surface area (Å²) in [5.41, 5.74) is 6.98. The van der Waals surface area contributed by atoms with Gasteiger partial charge >= 0.3 is 0 Å². The monoisotopic (exact) mass is 309 g/mol. The zero-order valence-electron chi connectivity index (χ0n) is 12.1. The standard InChI is InChI=1S/C16H17ClFNO2/c1-9(2)20-15-8-16(13(19)7-12(15)18)21-14-5-4-10(3)6-11(14)17/h4-9H,19H2,1-3H3. The molecule has 0 aliphatic carbocycles. The Labute approximate surface area is 128 Å². The Bertz CT molecular complexity index is 659. The molecular formula is C16H17ClFNO2. The number of hydrogen-bond acceptors (Lipinski definition) is 3. The van der Waals surface area contributed by atoms with Crippen LogP contribution in [0.15, 0.2) is 30.3 Å². The largest absolute Gasteiger partial charge is 0.488 e. The normalized spacial score (nSPS) is 10.8. The third-order valence-corrected chi connectivity index (χ3v) is 3.03. The van der Waals surface area contributed by atoms with E-state index in [-0.39, 0.29) is 17.5 Å². The van der Waals surface area contributed by atoms with E-state index in [1.807, 2.05) is 26.8 Å². The number of nitrogens with two attached hydrogens (primary N) is 1. The molecule has 2 aromatic rings. The molecule has 21 heavy (non-hydrogen) atoms. The lowest BCUT2D eigenvalue weighted by Gasteiger charge is -2.15. The molecule has 5 heteroatoms. The van der Waals surface area contributed by atoms with Gasteiger partial charge in [0.15, 0.2) is 17.3 Å². The van der Waals surface area contributed by atoms with E-state index in [0.717, 1.165) is 5.56 Å². The van der Waals surface area contributed by atoms with Gasteiger partial charge < -0.3 is 15.2 Å². The minimum absolute atomic E-state index is 0.0948. The Balaban J connectivity index is 2.34. The molecule has 0 amide bonds. The lowest BCUT2D eigenvalue weighted by molar-refractivity contribution is 0.230. The molecule has 2 aromatic carbocycles. The number of anilines is 1. The highest BCUT2D eigenvalue weighted by Crippen LogP contribution is 2.36. The molecule has 0 spiro atoms. The summed E-state index contributed by atoms with van der Waals surface area (Å²) in [4.78, 5) is 0. The van der Waals surface area contributed by atoms with Gasteiger partial charge in [-0.25, -0.2) is 4.39 Å².